The molecule has 15 heavy (non-hydrogen) atoms. The summed E-state index contributed by atoms with van der Waals surface area (Å²) in [6, 6.07) is 10.1. The summed E-state index contributed by atoms with van der Waals surface area (Å²) < 4.78 is 1.79. The number of aryl methyl sites for hydroxylation is 1. The largest absolute Gasteiger partial charge is 0.330 e. The van der Waals surface area contributed by atoms with Crippen molar-refractivity contribution >= 4 is 0 Å². The fraction of sp³-hybridized carbons (Fsp3) is 0.273. The van der Waals surface area contributed by atoms with E-state index in [9.17, 15) is 0 Å². The summed E-state index contributed by atoms with van der Waals surface area (Å²) in [5.41, 5.74) is 8.69. The van der Waals surface area contributed by atoms with Crippen molar-refractivity contribution < 1.29 is 0 Å². The van der Waals surface area contributed by atoms with Crippen molar-refractivity contribution in [1.29, 1.82) is 0 Å². The highest BCUT2D eigenvalue weighted by molar-refractivity contribution is 5.61. The molecular formula is C11H14N4. The Morgan fingerprint density at radius 1 is 1.27 bits per heavy atom. The topological polar surface area (TPSA) is 56.7 Å². The van der Waals surface area contributed by atoms with Gasteiger partial charge in [-0.25, -0.2) is 4.68 Å². The third-order valence-electron chi connectivity index (χ3n) is 2.32. The smallest absolute Gasteiger partial charge is 0.0919 e. The summed E-state index contributed by atoms with van der Waals surface area (Å²) in [6.45, 7) is 0.596. The number of rotatable bonds is 3. The second kappa shape index (κ2) is 4.23. The van der Waals surface area contributed by atoms with E-state index >= 15 is 0 Å². The van der Waals surface area contributed by atoms with Crippen molar-refractivity contribution in [2.75, 3.05) is 6.54 Å². The van der Waals surface area contributed by atoms with Gasteiger partial charge in [-0.15, -0.1) is 5.10 Å². The number of nitrogens with zero attached hydrogens (tertiary/aromatic N) is 3. The van der Waals surface area contributed by atoms with E-state index in [1.165, 1.54) is 0 Å². The lowest BCUT2D eigenvalue weighted by atomic mass is 10.1. The lowest BCUT2D eigenvalue weighted by Gasteiger charge is -2.03. The molecule has 2 rings (SSSR count). The Balaban J connectivity index is 2.47. The Morgan fingerprint density at radius 3 is 2.67 bits per heavy atom. The van der Waals surface area contributed by atoms with Gasteiger partial charge in [0.05, 0.1) is 11.4 Å². The van der Waals surface area contributed by atoms with Gasteiger partial charge in [-0.3, -0.25) is 0 Å². The zero-order valence-electron chi connectivity index (χ0n) is 8.72. The molecule has 4 heteroatoms. The maximum Gasteiger partial charge on any atom is 0.0919 e. The monoisotopic (exact) mass is 202 g/mol. The Labute approximate surface area is 88.7 Å². The third-order valence-corrected chi connectivity index (χ3v) is 2.32. The second-order valence-electron chi connectivity index (χ2n) is 3.41. The van der Waals surface area contributed by atoms with Crippen LogP contribution in [-0.4, -0.2) is 21.5 Å². The molecule has 0 radical (unpaired) electrons. The van der Waals surface area contributed by atoms with Gasteiger partial charge in [-0.2, -0.15) is 0 Å². The molecule has 0 aliphatic rings. The Hall–Kier alpha value is -1.68. The van der Waals surface area contributed by atoms with E-state index in [2.05, 4.69) is 22.4 Å². The molecule has 0 amide bonds. The standard InChI is InChI=1S/C11H14N4/c1-15-11(9-5-3-2-4-6-9)10(7-8-12)13-14-15/h2-6H,7-8,12H2,1H3. The van der Waals surface area contributed by atoms with Gasteiger partial charge in [0, 0.05) is 19.0 Å². The molecule has 1 aromatic heterocycles. The van der Waals surface area contributed by atoms with Crippen molar-refractivity contribution in [2.24, 2.45) is 12.8 Å². The molecule has 1 aromatic carbocycles. The number of benzene rings is 1. The number of nitrogens with two attached hydrogens (primary N) is 1. The summed E-state index contributed by atoms with van der Waals surface area (Å²) in [5.74, 6) is 0. The lowest BCUT2D eigenvalue weighted by molar-refractivity contribution is 0.718. The SMILES string of the molecule is Cn1nnc(CCN)c1-c1ccccc1. The van der Waals surface area contributed by atoms with E-state index in [-0.39, 0.29) is 0 Å². The fourth-order valence-corrected chi connectivity index (χ4v) is 1.65. The first-order valence-electron chi connectivity index (χ1n) is 4.97. The second-order valence-corrected chi connectivity index (χ2v) is 3.41. The van der Waals surface area contributed by atoms with Crippen molar-refractivity contribution in [3.63, 3.8) is 0 Å². The van der Waals surface area contributed by atoms with E-state index < -0.39 is 0 Å². The predicted molar refractivity (Wildman–Crippen MR) is 59.2 cm³/mol. The van der Waals surface area contributed by atoms with Gasteiger partial charge in [0.1, 0.15) is 0 Å². The molecule has 4 nitrogen and oxygen atoms in total. The van der Waals surface area contributed by atoms with E-state index in [1.807, 2.05) is 25.2 Å². The van der Waals surface area contributed by atoms with Crippen LogP contribution in [-0.2, 0) is 13.5 Å². The van der Waals surface area contributed by atoms with Gasteiger partial charge in [0.15, 0.2) is 0 Å². The van der Waals surface area contributed by atoms with Crippen LogP contribution in [0, 0.1) is 0 Å². The van der Waals surface area contributed by atoms with Crippen molar-refractivity contribution in [1.82, 2.24) is 15.0 Å². The highest BCUT2D eigenvalue weighted by atomic mass is 15.4. The molecule has 2 aromatic rings. The Kier molecular flexibility index (Phi) is 2.78. The molecule has 0 unspecified atom stereocenters. The zero-order chi connectivity index (χ0) is 10.7. The van der Waals surface area contributed by atoms with E-state index in [4.69, 9.17) is 5.73 Å². The summed E-state index contributed by atoms with van der Waals surface area (Å²) >= 11 is 0. The van der Waals surface area contributed by atoms with Gasteiger partial charge in [0.25, 0.3) is 0 Å². The van der Waals surface area contributed by atoms with Crippen LogP contribution >= 0.6 is 0 Å². The highest BCUT2D eigenvalue weighted by Gasteiger charge is 2.11. The van der Waals surface area contributed by atoms with Gasteiger partial charge in [0.2, 0.25) is 0 Å². The number of hydrogen-bond acceptors (Lipinski definition) is 3. The Morgan fingerprint density at radius 2 is 2.00 bits per heavy atom. The van der Waals surface area contributed by atoms with Gasteiger partial charge in [-0.1, -0.05) is 35.5 Å². The molecule has 0 aliphatic heterocycles. The van der Waals surface area contributed by atoms with E-state index in [0.29, 0.717) is 6.54 Å². The maximum atomic E-state index is 5.54. The third kappa shape index (κ3) is 1.89. The number of aromatic nitrogens is 3. The van der Waals surface area contributed by atoms with Crippen molar-refractivity contribution in [3.05, 3.63) is 36.0 Å². The molecule has 0 spiro atoms. The Bertz CT molecular complexity index is 433. The number of hydrogen-bond donors (Lipinski definition) is 1. The van der Waals surface area contributed by atoms with Crippen LogP contribution in [0.3, 0.4) is 0 Å². The molecule has 0 bridgehead atoms. The quantitative estimate of drug-likeness (QED) is 0.807. The first-order valence-corrected chi connectivity index (χ1v) is 4.97. The van der Waals surface area contributed by atoms with Crippen LogP contribution < -0.4 is 5.73 Å². The van der Waals surface area contributed by atoms with Gasteiger partial charge >= 0.3 is 0 Å². The molecule has 1 heterocycles. The highest BCUT2D eigenvalue weighted by Crippen LogP contribution is 2.20. The molecule has 0 aliphatic carbocycles. The minimum Gasteiger partial charge on any atom is -0.330 e. The van der Waals surface area contributed by atoms with Crippen LogP contribution in [0.15, 0.2) is 30.3 Å². The molecule has 78 valence electrons. The zero-order valence-corrected chi connectivity index (χ0v) is 8.72. The van der Waals surface area contributed by atoms with Crippen LogP contribution in [0.2, 0.25) is 0 Å². The molecular weight excluding hydrogens is 188 g/mol. The normalized spacial score (nSPS) is 10.5. The van der Waals surface area contributed by atoms with Crippen LogP contribution in [0.1, 0.15) is 5.69 Å². The summed E-state index contributed by atoms with van der Waals surface area (Å²) in [5, 5.41) is 8.14. The minimum atomic E-state index is 0.596. The first kappa shape index (κ1) is 9.86. The molecule has 0 atom stereocenters. The van der Waals surface area contributed by atoms with Crippen LogP contribution in [0.5, 0.6) is 0 Å². The van der Waals surface area contributed by atoms with Crippen LogP contribution in [0.25, 0.3) is 11.3 Å². The first-order chi connectivity index (χ1) is 7.33. The average Bonchev–Trinajstić information content (AvgIpc) is 2.62. The van der Waals surface area contributed by atoms with E-state index in [0.717, 1.165) is 23.4 Å². The fourth-order valence-electron chi connectivity index (χ4n) is 1.65. The minimum absolute atomic E-state index is 0.596. The van der Waals surface area contributed by atoms with Crippen molar-refractivity contribution in [3.8, 4) is 11.3 Å². The molecule has 0 saturated heterocycles. The summed E-state index contributed by atoms with van der Waals surface area (Å²) in [4.78, 5) is 0. The molecule has 2 N–H and O–H groups in total. The predicted octanol–water partition coefficient (Wildman–Crippen LogP) is 0.983. The lowest BCUT2D eigenvalue weighted by Crippen LogP contribution is -2.04. The van der Waals surface area contributed by atoms with Crippen molar-refractivity contribution in [2.45, 2.75) is 6.42 Å². The van der Waals surface area contributed by atoms with Gasteiger partial charge in [-0.05, 0) is 6.54 Å². The molecule has 0 saturated carbocycles. The summed E-state index contributed by atoms with van der Waals surface area (Å²) in [7, 11) is 1.90. The van der Waals surface area contributed by atoms with E-state index in [1.54, 1.807) is 4.68 Å². The van der Waals surface area contributed by atoms with Gasteiger partial charge < -0.3 is 5.73 Å². The van der Waals surface area contributed by atoms with Crippen LogP contribution in [0.4, 0.5) is 0 Å². The maximum absolute atomic E-state index is 5.54. The molecule has 0 fully saturated rings. The average molecular weight is 202 g/mol. The summed E-state index contributed by atoms with van der Waals surface area (Å²) in [6.07, 6.45) is 0.762.